The largest absolute Gasteiger partial charge is 0.503 e. The number of rotatable bonds is 7. The number of anilines is 1. The molecule has 5 nitrogen and oxygen atoms in total. The molecule has 0 bridgehead atoms. The lowest BCUT2D eigenvalue weighted by Gasteiger charge is -2.27. The molecular formula is C24H27NO4. The molecule has 1 aliphatic heterocycles. The van der Waals surface area contributed by atoms with E-state index >= 15 is 0 Å². The average Bonchev–Trinajstić information content (AvgIpc) is 2.93. The van der Waals surface area contributed by atoms with Crippen molar-refractivity contribution in [2.75, 3.05) is 4.90 Å². The van der Waals surface area contributed by atoms with Crippen molar-refractivity contribution in [3.05, 3.63) is 71.5 Å². The lowest BCUT2D eigenvalue weighted by atomic mass is 9.92. The van der Waals surface area contributed by atoms with Crippen molar-refractivity contribution in [1.29, 1.82) is 0 Å². The van der Waals surface area contributed by atoms with Gasteiger partial charge in [-0.3, -0.25) is 14.5 Å². The van der Waals surface area contributed by atoms with Crippen LogP contribution in [0.4, 0.5) is 5.69 Å². The number of nitrogens with zero attached hydrogens (tertiary/aromatic N) is 1. The number of aliphatic hydroxyl groups excluding tert-OH is 1. The molecule has 1 N–H and O–H groups in total. The Labute approximate surface area is 171 Å². The number of carbonyl (C=O) groups excluding carboxylic acids is 2. The van der Waals surface area contributed by atoms with Crippen LogP contribution >= 0.6 is 0 Å². The SMILES string of the molecule is CC(C)CC(=O)C1=C(O)C(=O)N(c2ccc(OC(C)C)cc2)C1c1ccccc1. The molecule has 3 rings (SSSR count). The van der Waals surface area contributed by atoms with Gasteiger partial charge in [-0.2, -0.15) is 0 Å². The molecule has 2 aromatic rings. The highest BCUT2D eigenvalue weighted by Gasteiger charge is 2.44. The van der Waals surface area contributed by atoms with Crippen molar-refractivity contribution < 1.29 is 19.4 Å². The zero-order valence-electron chi connectivity index (χ0n) is 17.3. The van der Waals surface area contributed by atoms with Gasteiger partial charge in [-0.05, 0) is 49.6 Å². The molecule has 2 aromatic carbocycles. The number of hydrogen-bond donors (Lipinski definition) is 1. The molecule has 152 valence electrons. The summed E-state index contributed by atoms with van der Waals surface area (Å²) in [6.45, 7) is 7.76. The predicted molar refractivity (Wildman–Crippen MR) is 113 cm³/mol. The summed E-state index contributed by atoms with van der Waals surface area (Å²) in [4.78, 5) is 27.4. The number of benzene rings is 2. The molecule has 29 heavy (non-hydrogen) atoms. The molecule has 1 heterocycles. The first kappa shape index (κ1) is 20.6. The van der Waals surface area contributed by atoms with Gasteiger partial charge in [0.05, 0.1) is 17.7 Å². The Balaban J connectivity index is 2.04. The summed E-state index contributed by atoms with van der Waals surface area (Å²) in [5.41, 5.74) is 1.54. The molecule has 1 amide bonds. The van der Waals surface area contributed by atoms with Gasteiger partial charge in [0.1, 0.15) is 5.75 Å². The summed E-state index contributed by atoms with van der Waals surface area (Å²) in [5.74, 6) is -0.423. The second kappa shape index (κ2) is 8.52. The van der Waals surface area contributed by atoms with Gasteiger partial charge >= 0.3 is 0 Å². The molecule has 1 aliphatic rings. The minimum absolute atomic E-state index is 0.0392. The van der Waals surface area contributed by atoms with Gasteiger partial charge in [0.25, 0.3) is 5.91 Å². The van der Waals surface area contributed by atoms with Gasteiger partial charge in [-0.25, -0.2) is 0 Å². The Morgan fingerprint density at radius 2 is 1.66 bits per heavy atom. The number of Topliss-reactive ketones (excluding diaryl/α,β-unsaturated/α-hetero) is 1. The molecule has 0 fully saturated rings. The first-order valence-electron chi connectivity index (χ1n) is 9.91. The molecule has 0 spiro atoms. The van der Waals surface area contributed by atoms with E-state index in [-0.39, 0.29) is 29.8 Å². The van der Waals surface area contributed by atoms with Gasteiger partial charge in [0, 0.05) is 12.1 Å². The minimum atomic E-state index is -0.660. The van der Waals surface area contributed by atoms with Gasteiger partial charge in [-0.15, -0.1) is 0 Å². The monoisotopic (exact) mass is 393 g/mol. The predicted octanol–water partition coefficient (Wildman–Crippen LogP) is 4.99. The molecule has 0 aromatic heterocycles. The first-order valence-corrected chi connectivity index (χ1v) is 9.91. The smallest absolute Gasteiger partial charge is 0.294 e. The van der Waals surface area contributed by atoms with Crippen molar-refractivity contribution in [3.8, 4) is 5.75 Å². The fourth-order valence-corrected chi connectivity index (χ4v) is 3.55. The molecule has 5 heteroatoms. The fourth-order valence-electron chi connectivity index (χ4n) is 3.55. The van der Waals surface area contributed by atoms with Crippen LogP contribution in [0.25, 0.3) is 0 Å². The van der Waals surface area contributed by atoms with Crippen LogP contribution in [0.5, 0.6) is 5.75 Å². The number of aliphatic hydroxyl groups is 1. The van der Waals surface area contributed by atoms with E-state index in [0.717, 1.165) is 5.56 Å². The van der Waals surface area contributed by atoms with E-state index in [9.17, 15) is 14.7 Å². The number of carbonyl (C=O) groups is 2. The standard InChI is InChI=1S/C24H27NO4/c1-15(2)14-20(26)21-22(17-8-6-5-7-9-17)25(24(28)23(21)27)18-10-12-19(13-11-18)29-16(3)4/h5-13,15-16,22,27H,14H2,1-4H3. The quantitative estimate of drug-likeness (QED) is 0.720. The maximum absolute atomic E-state index is 13.0. The van der Waals surface area contributed by atoms with Crippen molar-refractivity contribution in [1.82, 2.24) is 0 Å². The average molecular weight is 393 g/mol. The van der Waals surface area contributed by atoms with Crippen molar-refractivity contribution in [2.45, 2.75) is 46.3 Å². The summed E-state index contributed by atoms with van der Waals surface area (Å²) >= 11 is 0. The van der Waals surface area contributed by atoms with Gasteiger partial charge in [-0.1, -0.05) is 44.2 Å². The topological polar surface area (TPSA) is 66.8 Å². The Morgan fingerprint density at radius 3 is 2.21 bits per heavy atom. The van der Waals surface area contributed by atoms with Crippen molar-refractivity contribution in [2.24, 2.45) is 5.92 Å². The van der Waals surface area contributed by atoms with E-state index in [1.165, 1.54) is 4.90 Å². The van der Waals surface area contributed by atoms with Crippen LogP contribution in [-0.2, 0) is 9.59 Å². The van der Waals surface area contributed by atoms with Crippen molar-refractivity contribution in [3.63, 3.8) is 0 Å². The molecule has 0 saturated heterocycles. The second-order valence-corrected chi connectivity index (χ2v) is 7.93. The summed E-state index contributed by atoms with van der Waals surface area (Å²) in [6.07, 6.45) is 0.308. The van der Waals surface area contributed by atoms with Crippen LogP contribution in [0, 0.1) is 5.92 Å². The van der Waals surface area contributed by atoms with Gasteiger partial charge in [0.15, 0.2) is 11.5 Å². The zero-order valence-corrected chi connectivity index (χ0v) is 17.3. The van der Waals surface area contributed by atoms with Crippen LogP contribution in [-0.4, -0.2) is 22.9 Å². The van der Waals surface area contributed by atoms with E-state index in [0.29, 0.717) is 11.4 Å². The van der Waals surface area contributed by atoms with Gasteiger partial charge < -0.3 is 9.84 Å². The van der Waals surface area contributed by atoms with E-state index in [4.69, 9.17) is 4.74 Å². The van der Waals surface area contributed by atoms with Crippen LogP contribution in [0.3, 0.4) is 0 Å². The Bertz CT molecular complexity index is 914. The Kier molecular flexibility index (Phi) is 6.06. The highest BCUT2D eigenvalue weighted by molar-refractivity contribution is 6.16. The Morgan fingerprint density at radius 1 is 1.03 bits per heavy atom. The highest BCUT2D eigenvalue weighted by atomic mass is 16.5. The molecule has 0 radical (unpaired) electrons. The summed E-state index contributed by atoms with van der Waals surface area (Å²) in [6, 6.07) is 15.8. The number of hydrogen-bond acceptors (Lipinski definition) is 4. The van der Waals surface area contributed by atoms with E-state index in [2.05, 4.69) is 0 Å². The number of ketones is 1. The molecule has 1 atom stereocenters. The number of amides is 1. The van der Waals surface area contributed by atoms with Crippen molar-refractivity contribution >= 4 is 17.4 Å². The van der Waals surface area contributed by atoms with E-state index in [1.807, 2.05) is 58.0 Å². The first-order chi connectivity index (χ1) is 13.8. The van der Waals surface area contributed by atoms with Crippen LogP contribution in [0.15, 0.2) is 65.9 Å². The summed E-state index contributed by atoms with van der Waals surface area (Å²) in [5, 5.41) is 10.6. The Hall–Kier alpha value is -3.08. The summed E-state index contributed by atoms with van der Waals surface area (Å²) in [7, 11) is 0. The van der Waals surface area contributed by atoms with Crippen LogP contribution in [0.2, 0.25) is 0 Å². The normalized spacial score (nSPS) is 16.8. The zero-order chi connectivity index (χ0) is 21.1. The van der Waals surface area contributed by atoms with Gasteiger partial charge in [0.2, 0.25) is 0 Å². The number of ether oxygens (including phenoxy) is 1. The lowest BCUT2D eigenvalue weighted by Crippen LogP contribution is -2.31. The maximum atomic E-state index is 13.0. The second-order valence-electron chi connectivity index (χ2n) is 7.93. The minimum Gasteiger partial charge on any atom is -0.503 e. The third-order valence-electron chi connectivity index (χ3n) is 4.70. The maximum Gasteiger partial charge on any atom is 0.294 e. The summed E-state index contributed by atoms with van der Waals surface area (Å²) < 4.78 is 5.68. The van der Waals surface area contributed by atoms with E-state index < -0.39 is 17.7 Å². The molecule has 0 saturated carbocycles. The van der Waals surface area contributed by atoms with Crippen LogP contribution < -0.4 is 9.64 Å². The highest BCUT2D eigenvalue weighted by Crippen LogP contribution is 2.41. The molecule has 0 aliphatic carbocycles. The van der Waals surface area contributed by atoms with Crippen LogP contribution in [0.1, 0.15) is 45.7 Å². The lowest BCUT2D eigenvalue weighted by molar-refractivity contribution is -0.118. The third-order valence-corrected chi connectivity index (χ3v) is 4.70. The molecule has 1 unspecified atom stereocenters. The van der Waals surface area contributed by atoms with E-state index in [1.54, 1.807) is 24.3 Å². The third kappa shape index (κ3) is 4.34. The fraction of sp³-hybridized carbons (Fsp3) is 0.333. The molecular weight excluding hydrogens is 366 g/mol.